The van der Waals surface area contributed by atoms with Crippen LogP contribution in [-0.2, 0) is 66.4 Å². The largest absolute Gasteiger partial charge is 0.460 e. The van der Waals surface area contributed by atoms with Crippen molar-refractivity contribution in [3.63, 3.8) is 0 Å². The lowest BCUT2D eigenvalue weighted by Gasteiger charge is -2.13. The van der Waals surface area contributed by atoms with Crippen LogP contribution in [0.2, 0.25) is 0 Å². The van der Waals surface area contributed by atoms with E-state index in [2.05, 4.69) is 12.2 Å². The number of hydrogen-bond donors (Lipinski definition) is 1. The van der Waals surface area contributed by atoms with E-state index in [-0.39, 0.29) is 37.5 Å². The number of hydrogen-bond acceptors (Lipinski definition) is 16. The minimum absolute atomic E-state index is 0.182. The molecule has 320 valence electrons. The van der Waals surface area contributed by atoms with Crippen molar-refractivity contribution >= 4 is 23.5 Å². The van der Waals surface area contributed by atoms with Crippen LogP contribution < -0.4 is 5.32 Å². The van der Waals surface area contributed by atoms with Crippen LogP contribution in [0, 0.1) is 0 Å². The summed E-state index contributed by atoms with van der Waals surface area (Å²) in [7, 11) is 0. The molecule has 0 fully saturated rings. The number of imide groups is 1. The normalized spacial score (nSPS) is 12.6. The summed E-state index contributed by atoms with van der Waals surface area (Å²) >= 11 is 0. The van der Waals surface area contributed by atoms with Gasteiger partial charge in [0.15, 0.2) is 0 Å². The highest BCUT2D eigenvalue weighted by molar-refractivity contribution is 6.12. The smallest absolute Gasteiger partial charge is 0.338 e. The van der Waals surface area contributed by atoms with Crippen LogP contribution in [0.5, 0.6) is 0 Å². The first-order valence-corrected chi connectivity index (χ1v) is 19.5. The molecule has 1 aliphatic heterocycles. The molecule has 1 aromatic rings. The molecule has 17 heteroatoms. The number of anilines is 1. The predicted molar refractivity (Wildman–Crippen MR) is 205 cm³/mol. The maximum atomic E-state index is 12.1. The Labute approximate surface area is 331 Å². The molecule has 0 aromatic heterocycles. The average molecular weight is 801 g/mol. The molecular weight excluding hydrogens is 736 g/mol. The number of amides is 2. The Morgan fingerprint density at radius 1 is 0.482 bits per heavy atom. The molecule has 0 spiro atoms. The van der Waals surface area contributed by atoms with Crippen molar-refractivity contribution < 1.29 is 71.2 Å². The third-order valence-electron chi connectivity index (χ3n) is 7.52. The topological polar surface area (TPSA) is 177 Å². The van der Waals surface area contributed by atoms with Crippen LogP contribution in [0.3, 0.4) is 0 Å². The monoisotopic (exact) mass is 800 g/mol. The van der Waals surface area contributed by atoms with Crippen LogP contribution in [0.4, 0.5) is 5.69 Å². The second-order valence-corrected chi connectivity index (χ2v) is 11.9. The molecule has 0 bridgehead atoms. The Bertz CT molecular complexity index is 1120. The number of esters is 1. The summed E-state index contributed by atoms with van der Waals surface area (Å²) in [6.45, 7) is 13.1. The van der Waals surface area contributed by atoms with E-state index in [0.29, 0.717) is 144 Å². The fraction of sp³-hybridized carbons (Fsp3) is 0.718. The summed E-state index contributed by atoms with van der Waals surface area (Å²) in [5.74, 6) is -0.989. The lowest BCUT2D eigenvalue weighted by molar-refractivity contribution is -0.137. The summed E-state index contributed by atoms with van der Waals surface area (Å²) < 4.78 is 65.3. The Hall–Kier alpha value is -3.07. The number of benzene rings is 1. The van der Waals surface area contributed by atoms with Gasteiger partial charge in [-0.15, -0.1) is 0 Å². The fourth-order valence-corrected chi connectivity index (χ4v) is 4.52. The van der Waals surface area contributed by atoms with E-state index < -0.39 is 0 Å². The van der Waals surface area contributed by atoms with Gasteiger partial charge in [-0.05, 0) is 30.7 Å². The van der Waals surface area contributed by atoms with E-state index in [1.807, 2.05) is 12.1 Å². The molecule has 0 aliphatic carbocycles. The first kappa shape index (κ1) is 49.1. The minimum Gasteiger partial charge on any atom is -0.460 e. The number of unbranched alkanes of at least 4 members (excludes halogenated alkanes) is 1. The zero-order chi connectivity index (χ0) is 40.0. The van der Waals surface area contributed by atoms with E-state index in [1.165, 1.54) is 12.2 Å². The quantitative estimate of drug-likeness (QED) is 0.0579. The van der Waals surface area contributed by atoms with Crippen LogP contribution >= 0.6 is 0 Å². The molecule has 0 radical (unpaired) electrons. The molecule has 0 atom stereocenters. The van der Waals surface area contributed by atoms with Gasteiger partial charge in [-0.25, -0.2) is 4.79 Å². The summed E-state index contributed by atoms with van der Waals surface area (Å²) in [4.78, 5) is 36.1. The maximum absolute atomic E-state index is 12.1. The number of carbonyl (C=O) groups excluding carboxylic acids is 3. The summed E-state index contributed by atoms with van der Waals surface area (Å²) in [6, 6.07) is 7.27. The Morgan fingerprint density at radius 2 is 0.804 bits per heavy atom. The van der Waals surface area contributed by atoms with E-state index in [0.717, 1.165) is 30.0 Å². The van der Waals surface area contributed by atoms with Gasteiger partial charge in [0.2, 0.25) is 0 Å². The number of carbonyl (C=O) groups is 3. The average Bonchev–Trinajstić information content (AvgIpc) is 3.53. The Balaban J connectivity index is 1.16. The van der Waals surface area contributed by atoms with Crippen LogP contribution in [0.1, 0.15) is 30.1 Å². The minimum atomic E-state index is -0.368. The fourth-order valence-electron chi connectivity index (χ4n) is 4.52. The molecule has 1 heterocycles. The van der Waals surface area contributed by atoms with Gasteiger partial charge < -0.3 is 62.2 Å². The van der Waals surface area contributed by atoms with Crippen molar-refractivity contribution in [3.05, 3.63) is 42.0 Å². The van der Waals surface area contributed by atoms with Crippen LogP contribution in [-0.4, -0.2) is 188 Å². The van der Waals surface area contributed by atoms with E-state index in [9.17, 15) is 14.4 Å². The van der Waals surface area contributed by atoms with Crippen LogP contribution in [0.25, 0.3) is 0 Å². The number of nitrogens with one attached hydrogen (secondary N) is 1. The highest BCUT2D eigenvalue weighted by atomic mass is 16.6. The van der Waals surface area contributed by atoms with E-state index >= 15 is 0 Å². The van der Waals surface area contributed by atoms with Crippen molar-refractivity contribution in [2.24, 2.45) is 0 Å². The molecule has 2 amide bonds. The third-order valence-corrected chi connectivity index (χ3v) is 7.52. The Morgan fingerprint density at radius 3 is 1.14 bits per heavy atom. The zero-order valence-corrected chi connectivity index (χ0v) is 33.1. The summed E-state index contributed by atoms with van der Waals surface area (Å²) in [5, 5.41) is 3.31. The number of rotatable bonds is 41. The van der Waals surface area contributed by atoms with Crippen molar-refractivity contribution in [2.75, 3.05) is 170 Å². The van der Waals surface area contributed by atoms with Crippen molar-refractivity contribution in [1.82, 2.24) is 4.90 Å². The lowest BCUT2D eigenvalue weighted by Crippen LogP contribution is -2.33. The molecule has 2 rings (SSSR count). The molecule has 1 N–H and O–H groups in total. The van der Waals surface area contributed by atoms with Gasteiger partial charge in [0.25, 0.3) is 11.8 Å². The Kier molecular flexibility index (Phi) is 31.8. The van der Waals surface area contributed by atoms with Gasteiger partial charge in [-0.1, -0.05) is 13.3 Å². The molecule has 0 saturated heterocycles. The second-order valence-electron chi connectivity index (χ2n) is 11.9. The molecule has 1 aliphatic rings. The first-order chi connectivity index (χ1) is 27.6. The van der Waals surface area contributed by atoms with Gasteiger partial charge in [-0.2, -0.15) is 0 Å². The first-order valence-electron chi connectivity index (χ1n) is 19.5. The highest BCUT2D eigenvalue weighted by Crippen LogP contribution is 2.11. The maximum Gasteiger partial charge on any atom is 0.338 e. The van der Waals surface area contributed by atoms with Gasteiger partial charge in [-0.3, -0.25) is 14.5 Å². The molecule has 0 unspecified atom stereocenters. The number of ether oxygens (including phenoxy) is 12. The predicted octanol–water partition coefficient (Wildman–Crippen LogP) is 2.16. The third kappa shape index (κ3) is 27.5. The summed E-state index contributed by atoms with van der Waals surface area (Å²) in [5.41, 5.74) is 1.50. The summed E-state index contributed by atoms with van der Waals surface area (Å²) in [6.07, 6.45) is 4.74. The standard InChI is InChI=1S/C39H64N2O15/c1-2-3-10-40-36-6-4-35(5-7-36)39(44)56-34-33-55-32-31-54-30-29-53-28-27-52-26-25-51-24-23-50-22-21-49-20-19-48-18-17-47-16-15-46-14-13-45-12-11-41-37(42)8-9-38(41)43/h4-9,40H,2-3,10-34H2,1H3. The van der Waals surface area contributed by atoms with Gasteiger partial charge in [0.1, 0.15) is 6.61 Å². The lowest BCUT2D eigenvalue weighted by atomic mass is 10.2. The van der Waals surface area contributed by atoms with Gasteiger partial charge >= 0.3 is 5.97 Å². The highest BCUT2D eigenvalue weighted by Gasteiger charge is 2.22. The molecule has 0 saturated carbocycles. The molecule has 1 aromatic carbocycles. The molecule has 17 nitrogen and oxygen atoms in total. The van der Waals surface area contributed by atoms with Gasteiger partial charge in [0, 0.05) is 24.4 Å². The zero-order valence-electron chi connectivity index (χ0n) is 33.1. The van der Waals surface area contributed by atoms with Crippen molar-refractivity contribution in [3.8, 4) is 0 Å². The SMILES string of the molecule is CCCCNc1ccc(C(=O)OCCOCCOCCOCCOCCOCCOCCOCCOCCOCCOCCOCCN2C(=O)C=CC2=O)cc1. The second kappa shape index (κ2) is 36.3. The van der Waals surface area contributed by atoms with E-state index in [1.54, 1.807) is 12.1 Å². The van der Waals surface area contributed by atoms with Gasteiger partial charge in [0.05, 0.1) is 157 Å². The number of nitrogens with zero attached hydrogens (tertiary/aromatic N) is 1. The van der Waals surface area contributed by atoms with Crippen LogP contribution in [0.15, 0.2) is 36.4 Å². The molecular formula is C39H64N2O15. The molecule has 56 heavy (non-hydrogen) atoms. The van der Waals surface area contributed by atoms with Crippen molar-refractivity contribution in [2.45, 2.75) is 19.8 Å². The van der Waals surface area contributed by atoms with E-state index in [4.69, 9.17) is 56.8 Å². The van der Waals surface area contributed by atoms with Crippen molar-refractivity contribution in [1.29, 1.82) is 0 Å².